The Morgan fingerprint density at radius 2 is 2.20 bits per heavy atom. The number of benzene rings is 1. The van der Waals surface area contributed by atoms with Crippen LogP contribution >= 0.6 is 0 Å². The summed E-state index contributed by atoms with van der Waals surface area (Å²) < 4.78 is 5.13. The summed E-state index contributed by atoms with van der Waals surface area (Å²) in [7, 11) is 1.66. The number of carbonyl (C=O) groups excluding carboxylic acids is 1. The Kier molecular flexibility index (Phi) is 4.79. The standard InChI is InChI=1S/C16H22N2O2/c1-4-12(2)18(10-11-20-3)16(19)14-6-5-7-15-13(14)8-9-17-15/h5-9,12,17H,4,10-11H2,1-3H3. The van der Waals surface area contributed by atoms with Crippen molar-refractivity contribution in [3.8, 4) is 0 Å². The fourth-order valence-electron chi connectivity index (χ4n) is 2.36. The summed E-state index contributed by atoms with van der Waals surface area (Å²) in [5.74, 6) is 0.0709. The molecule has 0 saturated heterocycles. The highest BCUT2D eigenvalue weighted by Gasteiger charge is 2.21. The van der Waals surface area contributed by atoms with Crippen LogP contribution in [0.15, 0.2) is 30.5 Å². The second-order valence-electron chi connectivity index (χ2n) is 4.99. The van der Waals surface area contributed by atoms with Gasteiger partial charge in [0.25, 0.3) is 5.91 Å². The molecule has 1 aromatic heterocycles. The number of methoxy groups -OCH3 is 1. The molecule has 1 heterocycles. The number of rotatable bonds is 6. The van der Waals surface area contributed by atoms with Gasteiger partial charge in [-0.25, -0.2) is 0 Å². The summed E-state index contributed by atoms with van der Waals surface area (Å²) in [6.45, 7) is 5.34. The molecule has 4 heteroatoms. The van der Waals surface area contributed by atoms with Crippen molar-refractivity contribution in [3.05, 3.63) is 36.0 Å². The minimum Gasteiger partial charge on any atom is -0.383 e. The molecule has 1 atom stereocenters. The van der Waals surface area contributed by atoms with Gasteiger partial charge in [-0.15, -0.1) is 0 Å². The van der Waals surface area contributed by atoms with Gasteiger partial charge >= 0.3 is 0 Å². The lowest BCUT2D eigenvalue weighted by Crippen LogP contribution is -2.40. The van der Waals surface area contributed by atoms with Crippen LogP contribution in [0, 0.1) is 0 Å². The van der Waals surface area contributed by atoms with E-state index in [2.05, 4.69) is 18.8 Å². The molecule has 1 N–H and O–H groups in total. The molecule has 0 aliphatic rings. The molecule has 2 rings (SSSR count). The maximum atomic E-state index is 12.8. The van der Waals surface area contributed by atoms with Gasteiger partial charge < -0.3 is 14.6 Å². The number of ether oxygens (including phenoxy) is 1. The third-order valence-corrected chi connectivity index (χ3v) is 3.75. The molecule has 4 nitrogen and oxygen atoms in total. The molecular formula is C16H22N2O2. The number of aromatic amines is 1. The number of H-pyrrole nitrogens is 1. The van der Waals surface area contributed by atoms with E-state index in [9.17, 15) is 4.79 Å². The van der Waals surface area contributed by atoms with Crippen molar-refractivity contribution in [3.63, 3.8) is 0 Å². The van der Waals surface area contributed by atoms with E-state index >= 15 is 0 Å². The van der Waals surface area contributed by atoms with Gasteiger partial charge in [0.1, 0.15) is 0 Å². The molecule has 1 aromatic carbocycles. The van der Waals surface area contributed by atoms with Crippen LogP contribution in [0.2, 0.25) is 0 Å². The lowest BCUT2D eigenvalue weighted by atomic mass is 10.1. The first kappa shape index (κ1) is 14.6. The summed E-state index contributed by atoms with van der Waals surface area (Å²) in [6, 6.07) is 7.94. The zero-order chi connectivity index (χ0) is 14.5. The van der Waals surface area contributed by atoms with Crippen LogP contribution in [0.3, 0.4) is 0 Å². The minimum absolute atomic E-state index is 0.0709. The number of carbonyl (C=O) groups is 1. The molecule has 0 aliphatic heterocycles. The largest absolute Gasteiger partial charge is 0.383 e. The average molecular weight is 274 g/mol. The molecule has 0 radical (unpaired) electrons. The van der Waals surface area contributed by atoms with Crippen molar-refractivity contribution in [1.29, 1.82) is 0 Å². The van der Waals surface area contributed by atoms with Gasteiger partial charge in [0, 0.05) is 42.4 Å². The number of hydrogen-bond acceptors (Lipinski definition) is 2. The molecule has 2 aromatic rings. The predicted molar refractivity (Wildman–Crippen MR) is 81.0 cm³/mol. The Labute approximate surface area is 119 Å². The van der Waals surface area contributed by atoms with E-state index < -0.39 is 0 Å². The monoisotopic (exact) mass is 274 g/mol. The molecule has 1 amide bonds. The number of hydrogen-bond donors (Lipinski definition) is 1. The Morgan fingerprint density at radius 1 is 1.40 bits per heavy atom. The van der Waals surface area contributed by atoms with Crippen molar-refractivity contribution >= 4 is 16.8 Å². The molecular weight excluding hydrogens is 252 g/mol. The Balaban J connectivity index is 2.33. The molecule has 1 unspecified atom stereocenters. The zero-order valence-corrected chi connectivity index (χ0v) is 12.3. The predicted octanol–water partition coefficient (Wildman–Crippen LogP) is 3.06. The quantitative estimate of drug-likeness (QED) is 0.880. The third-order valence-electron chi connectivity index (χ3n) is 3.75. The van der Waals surface area contributed by atoms with E-state index in [1.807, 2.05) is 35.4 Å². The van der Waals surface area contributed by atoms with E-state index in [4.69, 9.17) is 4.74 Å². The maximum absolute atomic E-state index is 12.8. The Bertz CT molecular complexity index is 577. The molecule has 0 saturated carbocycles. The van der Waals surface area contributed by atoms with E-state index in [1.54, 1.807) is 7.11 Å². The number of fused-ring (bicyclic) bond motifs is 1. The summed E-state index contributed by atoms with van der Waals surface area (Å²) in [4.78, 5) is 17.9. The summed E-state index contributed by atoms with van der Waals surface area (Å²) in [6.07, 6.45) is 2.79. The molecule has 0 bridgehead atoms. The van der Waals surface area contributed by atoms with Crippen LogP contribution in [-0.4, -0.2) is 42.1 Å². The first-order valence-electron chi connectivity index (χ1n) is 7.05. The minimum atomic E-state index is 0.0709. The molecule has 108 valence electrons. The SMILES string of the molecule is CCC(C)N(CCOC)C(=O)c1cccc2[nH]ccc12. The number of aromatic nitrogens is 1. The first-order valence-corrected chi connectivity index (χ1v) is 7.05. The van der Waals surface area contributed by atoms with Gasteiger partial charge in [-0.05, 0) is 31.5 Å². The second-order valence-corrected chi connectivity index (χ2v) is 4.99. The van der Waals surface area contributed by atoms with Gasteiger partial charge in [-0.3, -0.25) is 4.79 Å². The first-order chi connectivity index (χ1) is 9.69. The Hall–Kier alpha value is -1.81. The van der Waals surface area contributed by atoms with Crippen molar-refractivity contribution in [2.45, 2.75) is 26.3 Å². The number of nitrogens with one attached hydrogen (secondary N) is 1. The molecule has 0 fully saturated rings. The second kappa shape index (κ2) is 6.57. The van der Waals surface area contributed by atoms with Gasteiger partial charge in [-0.1, -0.05) is 13.0 Å². The normalized spacial score (nSPS) is 12.6. The fourth-order valence-corrected chi connectivity index (χ4v) is 2.36. The highest BCUT2D eigenvalue weighted by molar-refractivity contribution is 6.06. The topological polar surface area (TPSA) is 45.3 Å². The average Bonchev–Trinajstić information content (AvgIpc) is 2.95. The van der Waals surface area contributed by atoms with Crippen LogP contribution in [0.1, 0.15) is 30.6 Å². The highest BCUT2D eigenvalue weighted by atomic mass is 16.5. The van der Waals surface area contributed by atoms with Crippen LogP contribution in [0.25, 0.3) is 10.9 Å². The lowest BCUT2D eigenvalue weighted by molar-refractivity contribution is 0.0616. The number of nitrogens with zero attached hydrogens (tertiary/aromatic N) is 1. The van der Waals surface area contributed by atoms with E-state index in [1.165, 1.54) is 0 Å². The van der Waals surface area contributed by atoms with Gasteiger partial charge in [0.15, 0.2) is 0 Å². The van der Waals surface area contributed by atoms with Crippen molar-refractivity contribution in [2.75, 3.05) is 20.3 Å². The van der Waals surface area contributed by atoms with Crippen molar-refractivity contribution < 1.29 is 9.53 Å². The van der Waals surface area contributed by atoms with E-state index in [0.29, 0.717) is 13.2 Å². The maximum Gasteiger partial charge on any atom is 0.254 e. The van der Waals surface area contributed by atoms with Gasteiger partial charge in [0.2, 0.25) is 0 Å². The lowest BCUT2D eigenvalue weighted by Gasteiger charge is -2.28. The summed E-state index contributed by atoms with van der Waals surface area (Å²) in [5, 5.41) is 0.975. The molecule has 20 heavy (non-hydrogen) atoms. The van der Waals surface area contributed by atoms with Crippen LogP contribution in [0.5, 0.6) is 0 Å². The smallest absolute Gasteiger partial charge is 0.254 e. The summed E-state index contributed by atoms with van der Waals surface area (Å²) >= 11 is 0. The van der Waals surface area contributed by atoms with Gasteiger partial charge in [0.05, 0.1) is 6.61 Å². The van der Waals surface area contributed by atoms with Crippen molar-refractivity contribution in [2.24, 2.45) is 0 Å². The van der Waals surface area contributed by atoms with E-state index in [0.717, 1.165) is 22.9 Å². The summed E-state index contributed by atoms with van der Waals surface area (Å²) in [5.41, 5.74) is 1.74. The third kappa shape index (κ3) is 2.85. The van der Waals surface area contributed by atoms with Crippen LogP contribution in [-0.2, 0) is 4.74 Å². The molecule has 0 aliphatic carbocycles. The zero-order valence-electron chi connectivity index (χ0n) is 12.3. The van der Waals surface area contributed by atoms with Crippen LogP contribution in [0.4, 0.5) is 0 Å². The number of amides is 1. The highest BCUT2D eigenvalue weighted by Crippen LogP contribution is 2.20. The molecule has 0 spiro atoms. The van der Waals surface area contributed by atoms with E-state index in [-0.39, 0.29) is 11.9 Å². The van der Waals surface area contributed by atoms with Crippen molar-refractivity contribution in [1.82, 2.24) is 9.88 Å². The van der Waals surface area contributed by atoms with Gasteiger partial charge in [-0.2, -0.15) is 0 Å². The van der Waals surface area contributed by atoms with Crippen LogP contribution < -0.4 is 0 Å². The fraction of sp³-hybridized carbons (Fsp3) is 0.438. The Morgan fingerprint density at radius 3 is 2.90 bits per heavy atom.